The van der Waals surface area contributed by atoms with Gasteiger partial charge in [0.1, 0.15) is 0 Å². The number of hydrogen-bond donors (Lipinski definition) is 2. The van der Waals surface area contributed by atoms with Crippen molar-refractivity contribution in [3.63, 3.8) is 0 Å². The molecule has 0 saturated carbocycles. The fourth-order valence-electron chi connectivity index (χ4n) is 3.81. The molecule has 29 heavy (non-hydrogen) atoms. The zero-order chi connectivity index (χ0) is 19.4. The van der Waals surface area contributed by atoms with Crippen LogP contribution in [0, 0.1) is 0 Å². The topological polar surface area (TPSA) is 54.8 Å². The van der Waals surface area contributed by atoms with E-state index in [-0.39, 0.29) is 0 Å². The van der Waals surface area contributed by atoms with E-state index >= 15 is 0 Å². The van der Waals surface area contributed by atoms with E-state index in [1.807, 2.05) is 17.1 Å². The van der Waals surface area contributed by atoms with Gasteiger partial charge in [-0.2, -0.15) is 5.10 Å². The molecule has 2 N–H and O–H groups in total. The fraction of sp³-hybridized carbons (Fsp3) is 0.130. The van der Waals surface area contributed by atoms with Crippen LogP contribution < -0.4 is 10.6 Å². The van der Waals surface area contributed by atoms with Gasteiger partial charge in [0.15, 0.2) is 5.65 Å². The van der Waals surface area contributed by atoms with Gasteiger partial charge in [-0.3, -0.25) is 0 Å². The van der Waals surface area contributed by atoms with Crippen molar-refractivity contribution in [3.05, 3.63) is 78.6 Å². The third kappa shape index (κ3) is 2.75. The molecule has 0 radical (unpaired) electrons. The minimum Gasteiger partial charge on any atom is -0.354 e. The number of fused-ring (bicyclic) bond motifs is 3. The SMILES string of the molecule is C=C(c1ccc2c(c1)Nc1ccccc1S2)c1cnc2c(cnn2C2CNC2)c1. The van der Waals surface area contributed by atoms with Crippen LogP contribution in [0.4, 0.5) is 11.4 Å². The van der Waals surface area contributed by atoms with Gasteiger partial charge in [-0.1, -0.05) is 36.5 Å². The van der Waals surface area contributed by atoms with Crippen molar-refractivity contribution in [2.75, 3.05) is 18.4 Å². The highest BCUT2D eigenvalue weighted by molar-refractivity contribution is 7.99. The van der Waals surface area contributed by atoms with Crippen molar-refractivity contribution >= 4 is 39.7 Å². The van der Waals surface area contributed by atoms with Crippen LogP contribution >= 0.6 is 11.8 Å². The first-order chi connectivity index (χ1) is 14.3. The van der Waals surface area contributed by atoms with E-state index in [2.05, 4.69) is 70.8 Å². The number of anilines is 2. The van der Waals surface area contributed by atoms with Crippen molar-refractivity contribution in [1.82, 2.24) is 20.1 Å². The summed E-state index contributed by atoms with van der Waals surface area (Å²) in [5, 5.41) is 12.4. The lowest BCUT2D eigenvalue weighted by Gasteiger charge is -2.27. The molecular weight excluding hydrogens is 378 g/mol. The number of nitrogens with one attached hydrogen (secondary N) is 2. The smallest absolute Gasteiger partial charge is 0.158 e. The zero-order valence-corrected chi connectivity index (χ0v) is 16.5. The Labute approximate surface area is 172 Å². The van der Waals surface area contributed by atoms with Crippen molar-refractivity contribution in [3.8, 4) is 0 Å². The lowest BCUT2D eigenvalue weighted by molar-refractivity contribution is 0.325. The molecule has 4 heterocycles. The Morgan fingerprint density at radius 3 is 2.72 bits per heavy atom. The summed E-state index contributed by atoms with van der Waals surface area (Å²) in [6.07, 6.45) is 3.81. The van der Waals surface area contributed by atoms with Gasteiger partial charge < -0.3 is 10.6 Å². The molecule has 2 aromatic heterocycles. The molecule has 0 atom stereocenters. The van der Waals surface area contributed by atoms with E-state index < -0.39 is 0 Å². The van der Waals surface area contributed by atoms with E-state index in [1.165, 1.54) is 9.79 Å². The van der Waals surface area contributed by atoms with Crippen LogP contribution in [0.1, 0.15) is 17.2 Å². The van der Waals surface area contributed by atoms with Crippen molar-refractivity contribution in [2.45, 2.75) is 15.8 Å². The molecule has 1 fully saturated rings. The Morgan fingerprint density at radius 2 is 1.86 bits per heavy atom. The minimum atomic E-state index is 0.404. The fourth-order valence-corrected chi connectivity index (χ4v) is 4.78. The summed E-state index contributed by atoms with van der Waals surface area (Å²) < 4.78 is 2.02. The highest BCUT2D eigenvalue weighted by Gasteiger charge is 2.22. The maximum atomic E-state index is 4.70. The number of rotatable bonds is 3. The third-order valence-electron chi connectivity index (χ3n) is 5.59. The molecule has 1 saturated heterocycles. The van der Waals surface area contributed by atoms with Gasteiger partial charge in [0, 0.05) is 40.0 Å². The van der Waals surface area contributed by atoms with Gasteiger partial charge in [-0.05, 0) is 41.5 Å². The lowest BCUT2D eigenvalue weighted by Crippen LogP contribution is -2.43. The van der Waals surface area contributed by atoms with E-state index in [1.54, 1.807) is 11.8 Å². The van der Waals surface area contributed by atoms with Gasteiger partial charge in [0.25, 0.3) is 0 Å². The highest BCUT2D eigenvalue weighted by Crippen LogP contribution is 2.44. The normalized spacial score (nSPS) is 15.3. The second-order valence-corrected chi connectivity index (χ2v) is 8.53. The van der Waals surface area contributed by atoms with Crippen LogP contribution in [0.2, 0.25) is 0 Å². The van der Waals surface area contributed by atoms with E-state index in [4.69, 9.17) is 4.98 Å². The zero-order valence-electron chi connectivity index (χ0n) is 15.7. The van der Waals surface area contributed by atoms with Gasteiger partial charge in [-0.25, -0.2) is 9.67 Å². The van der Waals surface area contributed by atoms with Crippen LogP contribution in [-0.2, 0) is 0 Å². The summed E-state index contributed by atoms with van der Waals surface area (Å²) in [5.74, 6) is 0. The Morgan fingerprint density at radius 1 is 1.00 bits per heavy atom. The molecule has 6 rings (SSSR count). The molecule has 2 aliphatic rings. The summed E-state index contributed by atoms with van der Waals surface area (Å²) >= 11 is 1.79. The second-order valence-electron chi connectivity index (χ2n) is 7.45. The second kappa shape index (κ2) is 6.47. The number of pyridine rings is 1. The summed E-state index contributed by atoms with van der Waals surface area (Å²) in [6, 6.07) is 17.4. The standard InChI is InChI=1S/C23H19N5S/c1-14(16-8-17-11-26-28(18-12-24-13-18)23(17)25-10-16)15-6-7-22-20(9-15)27-19-4-2-3-5-21(19)29-22/h2-11,18,24,27H,1,12-13H2. The van der Waals surface area contributed by atoms with Gasteiger partial charge in [0.2, 0.25) is 0 Å². The molecule has 5 nitrogen and oxygen atoms in total. The van der Waals surface area contributed by atoms with E-state index in [0.29, 0.717) is 6.04 Å². The minimum absolute atomic E-state index is 0.404. The molecule has 2 aromatic carbocycles. The molecule has 6 heteroatoms. The maximum absolute atomic E-state index is 4.70. The first-order valence-electron chi connectivity index (χ1n) is 9.68. The van der Waals surface area contributed by atoms with Crippen molar-refractivity contribution in [1.29, 1.82) is 0 Å². The van der Waals surface area contributed by atoms with Crippen LogP contribution in [0.3, 0.4) is 0 Å². The van der Waals surface area contributed by atoms with Gasteiger partial charge >= 0.3 is 0 Å². The maximum Gasteiger partial charge on any atom is 0.158 e. The molecule has 0 amide bonds. The lowest BCUT2D eigenvalue weighted by atomic mass is 10.00. The monoisotopic (exact) mass is 397 g/mol. The number of hydrogen-bond acceptors (Lipinski definition) is 5. The number of aromatic nitrogens is 3. The predicted octanol–water partition coefficient (Wildman–Crippen LogP) is 4.85. The first-order valence-corrected chi connectivity index (χ1v) is 10.5. The predicted molar refractivity (Wildman–Crippen MR) is 118 cm³/mol. The quantitative estimate of drug-likeness (QED) is 0.456. The first kappa shape index (κ1) is 16.8. The molecule has 0 aliphatic carbocycles. The van der Waals surface area contributed by atoms with Crippen molar-refractivity contribution < 1.29 is 0 Å². The third-order valence-corrected chi connectivity index (χ3v) is 6.74. The number of nitrogens with zero attached hydrogens (tertiary/aromatic N) is 3. The van der Waals surface area contributed by atoms with Gasteiger partial charge in [-0.15, -0.1) is 0 Å². The Balaban J connectivity index is 1.32. The average Bonchev–Trinajstić information content (AvgIpc) is 3.13. The summed E-state index contributed by atoms with van der Waals surface area (Å²) in [7, 11) is 0. The van der Waals surface area contributed by atoms with E-state index in [9.17, 15) is 0 Å². The molecular formula is C23H19N5S. The number of benzene rings is 2. The van der Waals surface area contributed by atoms with Crippen molar-refractivity contribution in [2.24, 2.45) is 0 Å². The largest absolute Gasteiger partial charge is 0.354 e. The molecule has 0 unspecified atom stereocenters. The van der Waals surface area contributed by atoms with Crippen LogP contribution in [0.25, 0.3) is 16.6 Å². The van der Waals surface area contributed by atoms with E-state index in [0.717, 1.165) is 52.2 Å². The molecule has 0 spiro atoms. The summed E-state index contributed by atoms with van der Waals surface area (Å²) in [5.41, 5.74) is 6.28. The summed E-state index contributed by atoms with van der Waals surface area (Å²) in [4.78, 5) is 7.18. The molecule has 2 aliphatic heterocycles. The Bertz CT molecular complexity index is 1270. The Kier molecular flexibility index (Phi) is 3.76. The molecule has 0 bridgehead atoms. The van der Waals surface area contributed by atoms with Crippen LogP contribution in [0.5, 0.6) is 0 Å². The van der Waals surface area contributed by atoms with Crippen LogP contribution in [0.15, 0.2) is 77.3 Å². The average molecular weight is 398 g/mol. The van der Waals surface area contributed by atoms with Gasteiger partial charge in [0.05, 0.1) is 23.6 Å². The molecule has 142 valence electrons. The number of para-hydroxylation sites is 1. The summed E-state index contributed by atoms with van der Waals surface area (Å²) in [6.45, 7) is 6.26. The molecule has 4 aromatic rings. The van der Waals surface area contributed by atoms with Crippen LogP contribution in [-0.4, -0.2) is 27.9 Å². The Hall–Kier alpha value is -3.09. The highest BCUT2D eigenvalue weighted by atomic mass is 32.2.